The molecule has 0 spiro atoms. The summed E-state index contributed by atoms with van der Waals surface area (Å²) in [6, 6.07) is 13.2. The molecule has 0 bridgehead atoms. The Hall–Kier alpha value is -3.18. The van der Waals surface area contributed by atoms with E-state index in [-0.39, 0.29) is 42.8 Å². The van der Waals surface area contributed by atoms with Crippen molar-refractivity contribution < 1.29 is 28.5 Å². The highest BCUT2D eigenvalue weighted by atomic mass is 19.3. The third kappa shape index (κ3) is 4.62. The van der Waals surface area contributed by atoms with Crippen LogP contribution in [0.5, 0.6) is 5.75 Å². The molecule has 5 rings (SSSR count). The van der Waals surface area contributed by atoms with Crippen LogP contribution >= 0.6 is 0 Å². The Morgan fingerprint density at radius 2 is 2.05 bits per heavy atom. The highest BCUT2D eigenvalue weighted by molar-refractivity contribution is 5.60. The Morgan fingerprint density at radius 1 is 1.24 bits per heavy atom. The number of halogens is 2. The summed E-state index contributed by atoms with van der Waals surface area (Å²) in [7, 11) is 0. The van der Waals surface area contributed by atoms with Gasteiger partial charge in [-0.05, 0) is 61.4 Å². The molecule has 1 fully saturated rings. The van der Waals surface area contributed by atoms with Gasteiger partial charge in [0.2, 0.25) is 0 Å². The highest BCUT2D eigenvalue weighted by Gasteiger charge is 2.64. The maximum atomic E-state index is 14.9. The number of hydrogen-bond acceptors (Lipinski definition) is 7. The minimum absolute atomic E-state index is 0.0653. The highest BCUT2D eigenvalue weighted by Crippen LogP contribution is 2.56. The molecule has 8 nitrogen and oxygen atoms in total. The van der Waals surface area contributed by atoms with Gasteiger partial charge >= 0.3 is 5.92 Å². The van der Waals surface area contributed by atoms with Crippen molar-refractivity contribution in [1.29, 1.82) is 0 Å². The lowest BCUT2D eigenvalue weighted by molar-refractivity contribution is -0.226. The lowest BCUT2D eigenvalue weighted by Crippen LogP contribution is -2.44. The number of hydrogen-bond donors (Lipinski definition) is 3. The monoisotopic (exact) mass is 526 g/mol. The van der Waals surface area contributed by atoms with Crippen LogP contribution in [0.1, 0.15) is 60.9 Å². The van der Waals surface area contributed by atoms with E-state index in [4.69, 9.17) is 15.2 Å². The van der Waals surface area contributed by atoms with Crippen LogP contribution in [-0.2, 0) is 23.3 Å². The van der Waals surface area contributed by atoms with E-state index in [9.17, 15) is 19.0 Å². The van der Waals surface area contributed by atoms with Crippen molar-refractivity contribution in [2.45, 2.75) is 69.1 Å². The molecule has 202 valence electrons. The first-order valence-electron chi connectivity index (χ1n) is 12.8. The number of aromatic nitrogens is 2. The van der Waals surface area contributed by atoms with E-state index in [1.54, 1.807) is 48.9 Å². The number of nitrogens with zero attached hydrogens (tertiary/aromatic N) is 3. The van der Waals surface area contributed by atoms with E-state index in [0.29, 0.717) is 23.9 Å². The van der Waals surface area contributed by atoms with Gasteiger partial charge in [-0.25, -0.2) is 9.98 Å². The van der Waals surface area contributed by atoms with Crippen LogP contribution in [0.15, 0.2) is 59.9 Å². The van der Waals surface area contributed by atoms with Gasteiger partial charge in [-0.15, -0.1) is 0 Å². The van der Waals surface area contributed by atoms with Crippen molar-refractivity contribution in [2.24, 2.45) is 10.7 Å². The summed E-state index contributed by atoms with van der Waals surface area (Å²) in [5, 5.41) is 21.2. The van der Waals surface area contributed by atoms with Gasteiger partial charge in [0.15, 0.2) is 11.4 Å². The van der Waals surface area contributed by atoms with E-state index < -0.39 is 17.6 Å². The second-order valence-electron chi connectivity index (χ2n) is 9.74. The SMILES string of the molecule is C/C=N\c1c(CN)ncn1C1CC[C@@H](COc2cccc(CCC3(O)c4ccccc4C(O)C3(F)F)c2)O1. The number of aliphatic hydroxyl groups excluding tert-OH is 1. The van der Waals surface area contributed by atoms with Crippen molar-refractivity contribution in [2.75, 3.05) is 6.61 Å². The molecular formula is C28H32F2N4O4. The van der Waals surface area contributed by atoms with Gasteiger partial charge in [0.25, 0.3) is 0 Å². The number of ether oxygens (including phenoxy) is 2. The Labute approximate surface area is 219 Å². The zero-order chi connectivity index (χ0) is 26.9. The van der Waals surface area contributed by atoms with Crippen molar-refractivity contribution in [3.05, 3.63) is 77.2 Å². The smallest absolute Gasteiger partial charge is 0.309 e. The second kappa shape index (κ2) is 10.5. The lowest BCUT2D eigenvalue weighted by atomic mass is 9.86. The van der Waals surface area contributed by atoms with Gasteiger partial charge in [0, 0.05) is 12.8 Å². The summed E-state index contributed by atoms with van der Waals surface area (Å²) in [5.74, 6) is -2.41. The topological polar surface area (TPSA) is 115 Å². The third-order valence-electron chi connectivity index (χ3n) is 7.39. The number of aryl methyl sites for hydroxylation is 1. The molecule has 0 radical (unpaired) electrons. The Kier molecular flexibility index (Phi) is 7.32. The summed E-state index contributed by atoms with van der Waals surface area (Å²) in [6.07, 6.45) is 2.50. The van der Waals surface area contributed by atoms with Crippen LogP contribution in [-0.4, -0.2) is 44.6 Å². The number of alkyl halides is 2. The van der Waals surface area contributed by atoms with Crippen LogP contribution in [0, 0.1) is 0 Å². The van der Waals surface area contributed by atoms with E-state index in [2.05, 4.69) is 9.98 Å². The van der Waals surface area contributed by atoms with Crippen LogP contribution in [0.25, 0.3) is 0 Å². The normalized spacial score (nSPS) is 26.2. The first kappa shape index (κ1) is 26.4. The molecule has 2 aliphatic rings. The third-order valence-corrected chi connectivity index (χ3v) is 7.39. The molecule has 2 heterocycles. The number of benzene rings is 2. The summed E-state index contributed by atoms with van der Waals surface area (Å²) in [6.45, 7) is 2.45. The summed E-state index contributed by atoms with van der Waals surface area (Å²) in [4.78, 5) is 8.73. The Balaban J connectivity index is 1.20. The van der Waals surface area contributed by atoms with Gasteiger partial charge in [-0.3, -0.25) is 4.57 Å². The Morgan fingerprint density at radius 3 is 2.84 bits per heavy atom. The van der Waals surface area contributed by atoms with Gasteiger partial charge in [0.05, 0.1) is 18.1 Å². The zero-order valence-electron chi connectivity index (χ0n) is 21.1. The summed E-state index contributed by atoms with van der Waals surface area (Å²) >= 11 is 0. The molecule has 1 aliphatic heterocycles. The van der Waals surface area contributed by atoms with Gasteiger partial charge in [0.1, 0.15) is 24.7 Å². The van der Waals surface area contributed by atoms with Crippen LogP contribution < -0.4 is 10.5 Å². The van der Waals surface area contributed by atoms with E-state index in [1.807, 2.05) is 11.5 Å². The van der Waals surface area contributed by atoms with Crippen LogP contribution in [0.3, 0.4) is 0 Å². The summed E-state index contributed by atoms with van der Waals surface area (Å²) in [5.41, 5.74) is 4.91. The van der Waals surface area contributed by atoms with Gasteiger partial charge in [-0.1, -0.05) is 36.4 Å². The van der Waals surface area contributed by atoms with E-state index in [1.165, 1.54) is 12.1 Å². The number of aliphatic hydroxyl groups is 2. The fraction of sp³-hybridized carbons (Fsp3) is 0.429. The first-order chi connectivity index (χ1) is 18.3. The predicted molar refractivity (Wildman–Crippen MR) is 138 cm³/mol. The molecule has 0 amide bonds. The van der Waals surface area contributed by atoms with E-state index >= 15 is 0 Å². The number of nitrogens with two attached hydrogens (primary N) is 1. The van der Waals surface area contributed by atoms with Crippen molar-refractivity contribution in [1.82, 2.24) is 9.55 Å². The molecule has 1 aliphatic carbocycles. The lowest BCUT2D eigenvalue weighted by Gasteiger charge is -2.32. The standard InChI is InChI=1S/C28H32F2N4O4/c1-2-32-26-23(15-31)33-17-34(26)24-11-10-20(38-24)16-37-19-7-5-6-18(14-19)12-13-27(36)22-9-4-3-8-21(22)25(35)28(27,29)30/h2-9,14,17,20,24-25,35-36H,10-13,15-16,31H2,1H3/b32-2-/t20-,24?,25?,27?/m0/s1. The maximum Gasteiger partial charge on any atom is 0.309 e. The molecule has 4 atom stereocenters. The molecular weight excluding hydrogens is 494 g/mol. The van der Waals surface area contributed by atoms with Crippen molar-refractivity contribution in [3.8, 4) is 5.75 Å². The minimum Gasteiger partial charge on any atom is -0.491 e. The summed E-state index contributed by atoms with van der Waals surface area (Å²) < 4.78 is 43.9. The number of aliphatic imine (C=N–C) groups is 1. The number of rotatable bonds is 9. The molecule has 0 saturated carbocycles. The molecule has 2 aromatic carbocycles. The molecule has 1 saturated heterocycles. The Bertz CT molecular complexity index is 1310. The fourth-order valence-electron chi connectivity index (χ4n) is 5.35. The molecule has 38 heavy (non-hydrogen) atoms. The van der Waals surface area contributed by atoms with Gasteiger partial charge in [-0.2, -0.15) is 8.78 Å². The molecule has 3 unspecified atom stereocenters. The minimum atomic E-state index is -3.69. The maximum absolute atomic E-state index is 14.9. The zero-order valence-corrected chi connectivity index (χ0v) is 21.1. The second-order valence-corrected chi connectivity index (χ2v) is 9.74. The average Bonchev–Trinajstić information content (AvgIpc) is 3.60. The van der Waals surface area contributed by atoms with Crippen LogP contribution in [0.2, 0.25) is 0 Å². The molecule has 3 aromatic rings. The van der Waals surface area contributed by atoms with Crippen LogP contribution in [0.4, 0.5) is 14.6 Å². The number of fused-ring (bicyclic) bond motifs is 1. The quantitative estimate of drug-likeness (QED) is 0.358. The largest absolute Gasteiger partial charge is 0.491 e. The predicted octanol–water partition coefficient (Wildman–Crippen LogP) is 4.32. The van der Waals surface area contributed by atoms with Crippen molar-refractivity contribution in [3.63, 3.8) is 0 Å². The van der Waals surface area contributed by atoms with Crippen molar-refractivity contribution >= 4 is 12.0 Å². The van der Waals surface area contributed by atoms with Gasteiger partial charge < -0.3 is 25.4 Å². The fourth-order valence-corrected chi connectivity index (χ4v) is 5.35. The van der Waals surface area contributed by atoms with E-state index in [0.717, 1.165) is 18.4 Å². The molecule has 1 aromatic heterocycles. The first-order valence-corrected chi connectivity index (χ1v) is 12.8. The molecule has 10 heteroatoms. The molecule has 4 N–H and O–H groups in total. The number of imidazole rings is 1. The average molecular weight is 527 g/mol.